The third-order valence-corrected chi connectivity index (χ3v) is 5.94. The monoisotopic (exact) mass is 309 g/mol. The van der Waals surface area contributed by atoms with E-state index in [-0.39, 0.29) is 0 Å². The molecule has 1 aliphatic carbocycles. The van der Waals surface area contributed by atoms with Crippen molar-refractivity contribution in [1.82, 2.24) is 4.90 Å². The van der Waals surface area contributed by atoms with Gasteiger partial charge in [0.1, 0.15) is 0 Å². The van der Waals surface area contributed by atoms with E-state index in [0.717, 1.165) is 17.9 Å². The van der Waals surface area contributed by atoms with Crippen molar-refractivity contribution in [3.05, 3.63) is 0 Å². The van der Waals surface area contributed by atoms with Gasteiger partial charge in [-0.1, -0.05) is 90.9 Å². The van der Waals surface area contributed by atoms with E-state index in [1.807, 2.05) is 0 Å². The average Bonchev–Trinajstić information content (AvgIpc) is 2.53. The maximum atomic E-state index is 2.48. The SMILES string of the molecule is CCCCCCC(CCCCCC)C1CCC[C@H](N(C)C)C1. The van der Waals surface area contributed by atoms with Gasteiger partial charge in [-0.2, -0.15) is 0 Å². The topological polar surface area (TPSA) is 3.24 Å². The second-order valence-corrected chi connectivity index (χ2v) is 8.00. The van der Waals surface area contributed by atoms with Gasteiger partial charge in [0.2, 0.25) is 0 Å². The van der Waals surface area contributed by atoms with Crippen LogP contribution in [0.1, 0.15) is 104 Å². The van der Waals surface area contributed by atoms with Crippen LogP contribution in [-0.2, 0) is 0 Å². The van der Waals surface area contributed by atoms with Gasteiger partial charge in [-0.3, -0.25) is 0 Å². The summed E-state index contributed by atoms with van der Waals surface area (Å²) < 4.78 is 0. The molecule has 0 aromatic rings. The van der Waals surface area contributed by atoms with Gasteiger partial charge < -0.3 is 4.90 Å². The molecule has 1 nitrogen and oxygen atoms in total. The molecule has 2 atom stereocenters. The summed E-state index contributed by atoms with van der Waals surface area (Å²) in [5, 5.41) is 0. The van der Waals surface area contributed by atoms with Gasteiger partial charge >= 0.3 is 0 Å². The summed E-state index contributed by atoms with van der Waals surface area (Å²) in [5.74, 6) is 2.04. The Morgan fingerprint density at radius 1 is 0.818 bits per heavy atom. The molecule has 0 bridgehead atoms. The fourth-order valence-electron chi connectivity index (χ4n) is 4.38. The second-order valence-electron chi connectivity index (χ2n) is 8.00. The summed E-state index contributed by atoms with van der Waals surface area (Å²) in [6.07, 6.45) is 20.4. The molecule has 0 aromatic heterocycles. The van der Waals surface area contributed by atoms with Crippen molar-refractivity contribution in [3.63, 3.8) is 0 Å². The van der Waals surface area contributed by atoms with Gasteiger partial charge in [0, 0.05) is 6.04 Å². The molecule has 1 rings (SSSR count). The van der Waals surface area contributed by atoms with Gasteiger partial charge in [-0.25, -0.2) is 0 Å². The quantitative estimate of drug-likeness (QED) is 0.364. The molecular weight excluding hydrogens is 266 g/mol. The molecule has 1 heteroatoms. The smallest absolute Gasteiger partial charge is 0.00919 e. The Kier molecular flexibility index (Phi) is 11.3. The normalized spacial score (nSPS) is 22.6. The Balaban J connectivity index is 2.43. The highest BCUT2D eigenvalue weighted by atomic mass is 15.1. The van der Waals surface area contributed by atoms with Crippen LogP contribution in [0.3, 0.4) is 0 Å². The van der Waals surface area contributed by atoms with Crippen LogP contribution >= 0.6 is 0 Å². The average molecular weight is 310 g/mol. The van der Waals surface area contributed by atoms with Crippen molar-refractivity contribution in [2.24, 2.45) is 11.8 Å². The maximum absolute atomic E-state index is 2.48. The molecule has 0 spiro atoms. The highest BCUT2D eigenvalue weighted by Gasteiger charge is 2.28. The molecule has 0 aliphatic heterocycles. The molecule has 0 amide bonds. The minimum atomic E-state index is 0.854. The third kappa shape index (κ3) is 7.99. The predicted molar refractivity (Wildman–Crippen MR) is 100 cm³/mol. The predicted octanol–water partition coefficient (Wildman–Crippen LogP) is 6.66. The minimum absolute atomic E-state index is 0.854. The first kappa shape index (κ1) is 20.0. The first-order valence-electron chi connectivity index (χ1n) is 10.3. The van der Waals surface area contributed by atoms with Gasteiger partial charge in [0.25, 0.3) is 0 Å². The van der Waals surface area contributed by atoms with E-state index in [9.17, 15) is 0 Å². The highest BCUT2D eigenvalue weighted by molar-refractivity contribution is 4.82. The van der Waals surface area contributed by atoms with E-state index in [2.05, 4.69) is 32.8 Å². The van der Waals surface area contributed by atoms with Crippen molar-refractivity contribution < 1.29 is 0 Å². The summed E-state index contributed by atoms with van der Waals surface area (Å²) in [7, 11) is 4.56. The summed E-state index contributed by atoms with van der Waals surface area (Å²) in [6.45, 7) is 4.65. The van der Waals surface area contributed by atoms with Crippen LogP contribution in [-0.4, -0.2) is 25.0 Å². The molecule has 132 valence electrons. The molecule has 0 N–H and O–H groups in total. The fraction of sp³-hybridized carbons (Fsp3) is 1.00. The van der Waals surface area contributed by atoms with Gasteiger partial charge in [0.05, 0.1) is 0 Å². The van der Waals surface area contributed by atoms with Crippen molar-refractivity contribution in [2.75, 3.05) is 14.1 Å². The zero-order valence-corrected chi connectivity index (χ0v) is 16.1. The molecular formula is C21H43N. The lowest BCUT2D eigenvalue weighted by Crippen LogP contribution is -2.35. The summed E-state index contributed by atoms with van der Waals surface area (Å²) in [5.41, 5.74) is 0. The Hall–Kier alpha value is -0.0400. The molecule has 22 heavy (non-hydrogen) atoms. The van der Waals surface area contributed by atoms with Gasteiger partial charge in [-0.05, 0) is 38.8 Å². The number of nitrogens with zero attached hydrogens (tertiary/aromatic N) is 1. The van der Waals surface area contributed by atoms with Crippen molar-refractivity contribution in [2.45, 2.75) is 110 Å². The molecule has 1 fully saturated rings. The van der Waals surface area contributed by atoms with Gasteiger partial charge in [-0.15, -0.1) is 0 Å². The van der Waals surface area contributed by atoms with E-state index in [1.165, 1.54) is 89.9 Å². The van der Waals surface area contributed by atoms with Crippen LogP contribution in [0.2, 0.25) is 0 Å². The Morgan fingerprint density at radius 3 is 1.91 bits per heavy atom. The largest absolute Gasteiger partial charge is 0.306 e. The van der Waals surface area contributed by atoms with E-state index >= 15 is 0 Å². The summed E-state index contributed by atoms with van der Waals surface area (Å²) in [6, 6.07) is 0.854. The fourth-order valence-corrected chi connectivity index (χ4v) is 4.38. The van der Waals surface area contributed by atoms with Crippen molar-refractivity contribution >= 4 is 0 Å². The Bertz CT molecular complexity index is 236. The molecule has 0 aromatic carbocycles. The minimum Gasteiger partial charge on any atom is -0.306 e. The summed E-state index contributed by atoms with van der Waals surface area (Å²) >= 11 is 0. The molecule has 1 unspecified atom stereocenters. The number of unbranched alkanes of at least 4 members (excludes halogenated alkanes) is 6. The zero-order chi connectivity index (χ0) is 16.2. The number of hydrogen-bond donors (Lipinski definition) is 0. The van der Waals surface area contributed by atoms with Crippen LogP contribution in [0.25, 0.3) is 0 Å². The van der Waals surface area contributed by atoms with Crippen molar-refractivity contribution in [1.29, 1.82) is 0 Å². The lowest BCUT2D eigenvalue weighted by atomic mass is 9.73. The summed E-state index contributed by atoms with van der Waals surface area (Å²) in [4.78, 5) is 2.48. The van der Waals surface area contributed by atoms with Crippen LogP contribution < -0.4 is 0 Å². The zero-order valence-electron chi connectivity index (χ0n) is 16.1. The second kappa shape index (κ2) is 12.4. The standard InChI is InChI=1S/C21H43N/c1-5-7-9-11-14-19(15-12-10-8-6-2)20-16-13-17-21(18-20)22(3)4/h19-21H,5-18H2,1-4H3/t20?,21-/m0/s1. The number of hydrogen-bond acceptors (Lipinski definition) is 1. The molecule has 1 aliphatic rings. The lowest BCUT2D eigenvalue weighted by Gasteiger charge is -2.37. The first-order chi connectivity index (χ1) is 10.7. The van der Waals surface area contributed by atoms with E-state index in [4.69, 9.17) is 0 Å². The maximum Gasteiger partial charge on any atom is 0.00919 e. The molecule has 0 heterocycles. The Morgan fingerprint density at radius 2 is 1.41 bits per heavy atom. The van der Waals surface area contributed by atoms with Crippen molar-refractivity contribution in [3.8, 4) is 0 Å². The molecule has 1 saturated carbocycles. The third-order valence-electron chi connectivity index (χ3n) is 5.94. The number of rotatable bonds is 12. The molecule has 0 radical (unpaired) electrons. The molecule has 0 saturated heterocycles. The van der Waals surface area contributed by atoms with E-state index in [0.29, 0.717) is 0 Å². The first-order valence-corrected chi connectivity index (χ1v) is 10.3. The lowest BCUT2D eigenvalue weighted by molar-refractivity contribution is 0.135. The Labute approximate surface area is 141 Å². The van der Waals surface area contributed by atoms with E-state index in [1.54, 1.807) is 0 Å². The highest BCUT2D eigenvalue weighted by Crippen LogP contribution is 2.37. The van der Waals surface area contributed by atoms with Crippen LogP contribution in [0.5, 0.6) is 0 Å². The van der Waals surface area contributed by atoms with Crippen LogP contribution in [0.4, 0.5) is 0 Å². The van der Waals surface area contributed by atoms with Gasteiger partial charge in [0.15, 0.2) is 0 Å². The van der Waals surface area contributed by atoms with E-state index < -0.39 is 0 Å². The van der Waals surface area contributed by atoms with Crippen LogP contribution in [0.15, 0.2) is 0 Å². The van der Waals surface area contributed by atoms with Crippen LogP contribution in [0, 0.1) is 11.8 Å².